The van der Waals surface area contributed by atoms with Crippen LogP contribution in [0.15, 0.2) is 18.3 Å². The number of aromatic nitrogens is 1. The maximum absolute atomic E-state index is 11.0. The van der Waals surface area contributed by atoms with Crippen LogP contribution in [-0.2, 0) is 6.54 Å². The Morgan fingerprint density at radius 1 is 1.56 bits per heavy atom. The summed E-state index contributed by atoms with van der Waals surface area (Å²) in [5, 5.41) is 12.4. The number of carboxylic acid groups (broad SMARTS) is 1. The Hall–Kier alpha value is -1.42. The highest BCUT2D eigenvalue weighted by molar-refractivity contribution is 5.88. The molecule has 0 radical (unpaired) electrons. The Morgan fingerprint density at radius 2 is 2.28 bits per heavy atom. The quantitative estimate of drug-likeness (QED) is 0.811. The molecule has 0 saturated heterocycles. The lowest BCUT2D eigenvalue weighted by molar-refractivity contribution is 0.0695. The molecular formula is C14H20N2O2. The van der Waals surface area contributed by atoms with Crippen LogP contribution in [-0.4, -0.2) is 22.6 Å². The average molecular weight is 248 g/mol. The Balaban J connectivity index is 1.93. The average Bonchev–Trinajstić information content (AvgIpc) is 3.10. The second-order valence-corrected chi connectivity index (χ2v) is 5.42. The highest BCUT2D eigenvalue weighted by Gasteiger charge is 2.44. The minimum atomic E-state index is -0.912. The molecule has 1 aromatic rings. The first kappa shape index (κ1) is 13.0. The fourth-order valence-corrected chi connectivity index (χ4v) is 2.32. The maximum Gasteiger partial charge on any atom is 0.337 e. The molecule has 1 heterocycles. The normalized spacial score (nSPS) is 16.8. The molecule has 1 aliphatic carbocycles. The molecule has 0 amide bonds. The first-order chi connectivity index (χ1) is 8.55. The molecule has 98 valence electrons. The number of nitrogens with one attached hydrogen (secondary N) is 1. The van der Waals surface area contributed by atoms with E-state index in [0.717, 1.165) is 6.54 Å². The third kappa shape index (κ3) is 2.70. The van der Waals surface area contributed by atoms with E-state index in [0.29, 0.717) is 29.1 Å². The van der Waals surface area contributed by atoms with Crippen LogP contribution >= 0.6 is 0 Å². The van der Waals surface area contributed by atoms with Crippen molar-refractivity contribution in [2.45, 2.75) is 33.2 Å². The van der Waals surface area contributed by atoms with E-state index in [-0.39, 0.29) is 0 Å². The number of hydrogen-bond acceptors (Lipinski definition) is 3. The molecule has 0 aliphatic heterocycles. The summed E-state index contributed by atoms with van der Waals surface area (Å²) in [6, 6.07) is 3.26. The summed E-state index contributed by atoms with van der Waals surface area (Å²) >= 11 is 0. The number of hydrogen-bond donors (Lipinski definition) is 2. The molecule has 1 aliphatic rings. The fourth-order valence-electron chi connectivity index (χ4n) is 2.32. The number of aromatic carboxylic acids is 1. The van der Waals surface area contributed by atoms with Gasteiger partial charge in [0.05, 0.1) is 11.3 Å². The highest BCUT2D eigenvalue weighted by atomic mass is 16.4. The van der Waals surface area contributed by atoms with Gasteiger partial charge in [-0.15, -0.1) is 0 Å². The van der Waals surface area contributed by atoms with Gasteiger partial charge >= 0.3 is 5.97 Å². The summed E-state index contributed by atoms with van der Waals surface area (Å²) in [6.45, 7) is 5.97. The van der Waals surface area contributed by atoms with E-state index in [4.69, 9.17) is 5.11 Å². The molecule has 0 atom stereocenters. The van der Waals surface area contributed by atoms with Crippen LogP contribution in [0, 0.1) is 11.3 Å². The van der Waals surface area contributed by atoms with Gasteiger partial charge in [-0.25, -0.2) is 4.79 Å². The number of carbonyl (C=O) groups is 1. The number of rotatable bonds is 6. The zero-order valence-corrected chi connectivity index (χ0v) is 10.9. The van der Waals surface area contributed by atoms with Gasteiger partial charge in [0.25, 0.3) is 0 Å². The van der Waals surface area contributed by atoms with E-state index in [1.807, 2.05) is 0 Å². The van der Waals surface area contributed by atoms with Gasteiger partial charge in [0.2, 0.25) is 0 Å². The van der Waals surface area contributed by atoms with Gasteiger partial charge in [-0.05, 0) is 36.3 Å². The minimum absolute atomic E-state index is 0.291. The third-order valence-corrected chi connectivity index (χ3v) is 4.01. The Bertz CT molecular complexity index is 439. The molecule has 0 spiro atoms. The smallest absolute Gasteiger partial charge is 0.337 e. The Labute approximate surface area is 107 Å². The molecule has 2 N–H and O–H groups in total. The van der Waals surface area contributed by atoms with Gasteiger partial charge in [0.1, 0.15) is 0 Å². The summed E-state index contributed by atoms with van der Waals surface area (Å²) in [7, 11) is 0. The van der Waals surface area contributed by atoms with Crippen molar-refractivity contribution in [3.05, 3.63) is 29.6 Å². The van der Waals surface area contributed by atoms with Crippen LogP contribution in [0.5, 0.6) is 0 Å². The van der Waals surface area contributed by atoms with Crippen LogP contribution in [0.4, 0.5) is 0 Å². The fraction of sp³-hybridized carbons (Fsp3) is 0.571. The van der Waals surface area contributed by atoms with Crippen LogP contribution in [0.25, 0.3) is 0 Å². The van der Waals surface area contributed by atoms with Crippen molar-refractivity contribution in [3.8, 4) is 0 Å². The third-order valence-electron chi connectivity index (χ3n) is 4.01. The minimum Gasteiger partial charge on any atom is -0.478 e. The van der Waals surface area contributed by atoms with E-state index in [2.05, 4.69) is 24.1 Å². The van der Waals surface area contributed by atoms with Crippen LogP contribution in [0.1, 0.15) is 42.7 Å². The number of nitrogens with zero attached hydrogens (tertiary/aromatic N) is 1. The van der Waals surface area contributed by atoms with Crippen molar-refractivity contribution >= 4 is 5.97 Å². The van der Waals surface area contributed by atoms with Crippen molar-refractivity contribution in [1.29, 1.82) is 0 Å². The summed E-state index contributed by atoms with van der Waals surface area (Å²) in [5.74, 6) is -0.238. The molecule has 1 aromatic heterocycles. The van der Waals surface area contributed by atoms with Crippen LogP contribution in [0.3, 0.4) is 0 Å². The largest absolute Gasteiger partial charge is 0.478 e. The van der Waals surface area contributed by atoms with Crippen molar-refractivity contribution in [3.63, 3.8) is 0 Å². The molecule has 4 nitrogen and oxygen atoms in total. The van der Waals surface area contributed by atoms with Crippen LogP contribution < -0.4 is 5.32 Å². The van der Waals surface area contributed by atoms with Gasteiger partial charge < -0.3 is 10.4 Å². The van der Waals surface area contributed by atoms with Gasteiger partial charge in [-0.3, -0.25) is 4.98 Å². The summed E-state index contributed by atoms with van der Waals surface area (Å²) < 4.78 is 0. The van der Waals surface area contributed by atoms with E-state index in [1.54, 1.807) is 18.3 Å². The summed E-state index contributed by atoms with van der Waals surface area (Å²) in [4.78, 5) is 15.2. The molecule has 0 aromatic carbocycles. The van der Waals surface area contributed by atoms with Gasteiger partial charge in [-0.2, -0.15) is 0 Å². The molecule has 2 rings (SSSR count). The zero-order chi connectivity index (χ0) is 13.2. The second kappa shape index (κ2) is 5.06. The first-order valence-electron chi connectivity index (χ1n) is 6.43. The molecule has 1 saturated carbocycles. The lowest BCUT2D eigenvalue weighted by Crippen LogP contribution is -2.28. The van der Waals surface area contributed by atoms with Gasteiger partial charge in [0, 0.05) is 19.3 Å². The SMILES string of the molecule is CC(C)C1(CNCc2ncccc2C(=O)O)CC1. The summed E-state index contributed by atoms with van der Waals surface area (Å²) in [6.07, 6.45) is 4.18. The Morgan fingerprint density at radius 3 is 2.83 bits per heavy atom. The second-order valence-electron chi connectivity index (χ2n) is 5.42. The number of carboxylic acids is 1. The van der Waals surface area contributed by atoms with Gasteiger partial charge in [-0.1, -0.05) is 13.8 Å². The lowest BCUT2D eigenvalue weighted by atomic mass is 9.92. The van der Waals surface area contributed by atoms with E-state index >= 15 is 0 Å². The predicted molar refractivity (Wildman–Crippen MR) is 69.4 cm³/mol. The molecule has 1 fully saturated rings. The van der Waals surface area contributed by atoms with Crippen molar-refractivity contribution in [2.75, 3.05) is 6.54 Å². The molecular weight excluding hydrogens is 228 g/mol. The molecule has 0 bridgehead atoms. The van der Waals surface area contributed by atoms with Gasteiger partial charge in [0.15, 0.2) is 0 Å². The van der Waals surface area contributed by atoms with Crippen molar-refractivity contribution in [1.82, 2.24) is 10.3 Å². The zero-order valence-electron chi connectivity index (χ0n) is 10.9. The standard InChI is InChI=1S/C14H20N2O2/c1-10(2)14(5-6-14)9-15-8-12-11(13(17)18)4-3-7-16-12/h3-4,7,10,15H,5-6,8-9H2,1-2H3,(H,17,18). The van der Waals surface area contributed by atoms with Crippen molar-refractivity contribution < 1.29 is 9.90 Å². The molecule has 4 heteroatoms. The summed E-state index contributed by atoms with van der Waals surface area (Å²) in [5.41, 5.74) is 1.34. The molecule has 18 heavy (non-hydrogen) atoms. The van der Waals surface area contributed by atoms with Crippen LogP contribution in [0.2, 0.25) is 0 Å². The first-order valence-corrected chi connectivity index (χ1v) is 6.43. The predicted octanol–water partition coefficient (Wildman–Crippen LogP) is 2.31. The molecule has 0 unspecified atom stereocenters. The van der Waals surface area contributed by atoms with E-state index in [9.17, 15) is 4.79 Å². The lowest BCUT2D eigenvalue weighted by Gasteiger charge is -2.20. The maximum atomic E-state index is 11.0. The Kier molecular flexibility index (Phi) is 3.66. The monoisotopic (exact) mass is 248 g/mol. The van der Waals surface area contributed by atoms with Crippen molar-refractivity contribution in [2.24, 2.45) is 11.3 Å². The van der Waals surface area contributed by atoms with E-state index < -0.39 is 5.97 Å². The van der Waals surface area contributed by atoms with E-state index in [1.165, 1.54) is 12.8 Å². The highest BCUT2D eigenvalue weighted by Crippen LogP contribution is 2.51. The topological polar surface area (TPSA) is 62.2 Å². The number of pyridine rings is 1.